The molecule has 4 aromatic rings. The SMILES string of the molecule is Cc1nc(-c2ccc3c(c2)CCN3C(=O)COC(=O)/C=C/c2cn(Cc3ccccc3)nn2)cs1. The number of esters is 1. The molecule has 0 aliphatic carbocycles. The first-order chi connectivity index (χ1) is 17.0. The molecular formula is C26H23N5O3S. The first-order valence-corrected chi connectivity index (χ1v) is 12.1. The van der Waals surface area contributed by atoms with E-state index in [1.54, 1.807) is 27.1 Å². The van der Waals surface area contributed by atoms with Gasteiger partial charge in [0.15, 0.2) is 6.61 Å². The maximum Gasteiger partial charge on any atom is 0.331 e. The van der Waals surface area contributed by atoms with Gasteiger partial charge in [-0.1, -0.05) is 41.6 Å². The van der Waals surface area contributed by atoms with Crippen molar-refractivity contribution in [3.8, 4) is 11.3 Å². The van der Waals surface area contributed by atoms with Crippen LogP contribution in [0.25, 0.3) is 17.3 Å². The van der Waals surface area contributed by atoms with Crippen molar-refractivity contribution < 1.29 is 14.3 Å². The van der Waals surface area contributed by atoms with E-state index in [2.05, 4.69) is 21.4 Å². The zero-order valence-corrected chi connectivity index (χ0v) is 19.9. The Bertz CT molecular complexity index is 1390. The second kappa shape index (κ2) is 10.0. The van der Waals surface area contributed by atoms with Crippen molar-refractivity contribution in [3.63, 3.8) is 0 Å². The number of carbonyl (C=O) groups is 2. The lowest BCUT2D eigenvalue weighted by atomic mass is 10.1. The number of thiazole rings is 1. The van der Waals surface area contributed by atoms with Crippen LogP contribution in [0.2, 0.25) is 0 Å². The topological polar surface area (TPSA) is 90.2 Å². The van der Waals surface area contributed by atoms with Crippen LogP contribution < -0.4 is 4.90 Å². The molecule has 1 aliphatic rings. The molecule has 5 rings (SSSR count). The minimum Gasteiger partial charge on any atom is -0.452 e. The number of fused-ring (bicyclic) bond motifs is 1. The normalized spacial score (nSPS) is 12.8. The van der Waals surface area contributed by atoms with Crippen LogP contribution in [0.4, 0.5) is 5.69 Å². The number of rotatable bonds is 7. The van der Waals surface area contributed by atoms with Crippen molar-refractivity contribution in [2.24, 2.45) is 0 Å². The zero-order valence-electron chi connectivity index (χ0n) is 19.1. The van der Waals surface area contributed by atoms with Gasteiger partial charge in [-0.2, -0.15) is 0 Å². The van der Waals surface area contributed by atoms with Crippen LogP contribution in [-0.4, -0.2) is 45.0 Å². The van der Waals surface area contributed by atoms with Crippen molar-refractivity contribution in [2.75, 3.05) is 18.1 Å². The molecule has 1 aliphatic heterocycles. The molecular weight excluding hydrogens is 462 g/mol. The second-order valence-electron chi connectivity index (χ2n) is 8.16. The van der Waals surface area contributed by atoms with Gasteiger partial charge in [-0.25, -0.2) is 14.5 Å². The highest BCUT2D eigenvalue weighted by atomic mass is 32.1. The Kier molecular flexibility index (Phi) is 6.49. The summed E-state index contributed by atoms with van der Waals surface area (Å²) in [7, 11) is 0. The van der Waals surface area contributed by atoms with Crippen molar-refractivity contribution in [1.82, 2.24) is 20.0 Å². The van der Waals surface area contributed by atoms with Crippen LogP contribution >= 0.6 is 11.3 Å². The van der Waals surface area contributed by atoms with Gasteiger partial charge in [0.25, 0.3) is 5.91 Å². The first kappa shape index (κ1) is 22.7. The highest BCUT2D eigenvalue weighted by Crippen LogP contribution is 2.32. The Hall–Kier alpha value is -4.11. The van der Waals surface area contributed by atoms with Crippen LogP contribution in [0.15, 0.2) is 66.2 Å². The van der Waals surface area contributed by atoms with Gasteiger partial charge in [0, 0.05) is 29.3 Å². The fourth-order valence-corrected chi connectivity index (χ4v) is 4.59. The van der Waals surface area contributed by atoms with Crippen LogP contribution in [-0.2, 0) is 27.3 Å². The maximum atomic E-state index is 12.7. The third kappa shape index (κ3) is 5.36. The predicted molar refractivity (Wildman–Crippen MR) is 134 cm³/mol. The standard InChI is InChI=1S/C26H23N5O3S/c1-18-27-23(17-35-18)20-7-9-24-21(13-20)11-12-31(24)25(32)16-34-26(33)10-8-22-15-30(29-28-22)14-19-5-3-2-4-6-19/h2-10,13,15,17H,11-12,14,16H2,1H3/b10-8+. The van der Waals surface area contributed by atoms with Gasteiger partial charge in [0.05, 0.1) is 23.4 Å². The smallest absolute Gasteiger partial charge is 0.331 e. The molecule has 35 heavy (non-hydrogen) atoms. The van der Waals surface area contributed by atoms with Crippen molar-refractivity contribution in [1.29, 1.82) is 0 Å². The van der Waals surface area contributed by atoms with Gasteiger partial charge in [-0.05, 0) is 42.7 Å². The van der Waals surface area contributed by atoms with Crippen molar-refractivity contribution in [3.05, 3.63) is 88.0 Å². The third-order valence-electron chi connectivity index (χ3n) is 5.66. The molecule has 3 heterocycles. The number of amides is 1. The number of hydrogen-bond acceptors (Lipinski definition) is 7. The molecule has 8 nitrogen and oxygen atoms in total. The lowest BCUT2D eigenvalue weighted by molar-refractivity contribution is -0.142. The number of carbonyl (C=O) groups excluding carboxylic acids is 2. The van der Waals surface area contributed by atoms with E-state index in [1.165, 1.54) is 12.2 Å². The summed E-state index contributed by atoms with van der Waals surface area (Å²) in [4.78, 5) is 31.0. The lowest BCUT2D eigenvalue weighted by Crippen LogP contribution is -2.33. The molecule has 2 aromatic carbocycles. The van der Waals surface area contributed by atoms with Gasteiger partial charge in [-0.15, -0.1) is 16.4 Å². The van der Waals surface area contributed by atoms with E-state index in [9.17, 15) is 9.59 Å². The molecule has 0 atom stereocenters. The molecule has 1 amide bonds. The van der Waals surface area contributed by atoms with E-state index >= 15 is 0 Å². The quantitative estimate of drug-likeness (QED) is 0.291. The van der Waals surface area contributed by atoms with Gasteiger partial charge < -0.3 is 9.64 Å². The van der Waals surface area contributed by atoms with Gasteiger partial charge in [0.2, 0.25) is 0 Å². The molecule has 0 spiro atoms. The maximum absolute atomic E-state index is 12.7. The highest BCUT2D eigenvalue weighted by Gasteiger charge is 2.25. The summed E-state index contributed by atoms with van der Waals surface area (Å²) in [5.41, 5.74) is 5.56. The largest absolute Gasteiger partial charge is 0.452 e. The van der Waals surface area contributed by atoms with Crippen LogP contribution in [0.5, 0.6) is 0 Å². The molecule has 0 N–H and O–H groups in total. The van der Waals surface area contributed by atoms with E-state index in [-0.39, 0.29) is 12.5 Å². The average Bonchev–Trinajstić information content (AvgIpc) is 3.61. The molecule has 0 saturated carbocycles. The summed E-state index contributed by atoms with van der Waals surface area (Å²) in [5, 5.41) is 11.2. The summed E-state index contributed by atoms with van der Waals surface area (Å²) in [6.45, 7) is 2.80. The minimum absolute atomic E-state index is 0.253. The van der Waals surface area contributed by atoms with Crippen LogP contribution in [0, 0.1) is 6.92 Å². The number of anilines is 1. The third-order valence-corrected chi connectivity index (χ3v) is 6.44. The van der Waals surface area contributed by atoms with Gasteiger partial charge in [-0.3, -0.25) is 4.79 Å². The molecule has 9 heteroatoms. The number of aromatic nitrogens is 4. The molecule has 0 fully saturated rings. The average molecular weight is 486 g/mol. The number of aryl methyl sites for hydroxylation is 1. The number of nitrogens with zero attached hydrogens (tertiary/aromatic N) is 5. The fraction of sp³-hybridized carbons (Fsp3) is 0.192. The predicted octanol–water partition coefficient (Wildman–Crippen LogP) is 3.90. The summed E-state index contributed by atoms with van der Waals surface area (Å²) in [5.74, 6) is -0.860. The summed E-state index contributed by atoms with van der Waals surface area (Å²) in [6, 6.07) is 15.9. The molecule has 0 unspecified atom stereocenters. The van der Waals surface area contributed by atoms with E-state index in [0.717, 1.165) is 39.5 Å². The first-order valence-electron chi connectivity index (χ1n) is 11.2. The van der Waals surface area contributed by atoms with Crippen LogP contribution in [0.1, 0.15) is 21.8 Å². The summed E-state index contributed by atoms with van der Waals surface area (Å²) < 4.78 is 6.86. The van der Waals surface area contributed by atoms with Gasteiger partial charge in [0.1, 0.15) is 5.69 Å². The Morgan fingerprint density at radius 3 is 2.83 bits per heavy atom. The second-order valence-corrected chi connectivity index (χ2v) is 9.22. The molecule has 176 valence electrons. The van der Waals surface area contributed by atoms with E-state index in [1.807, 2.05) is 54.8 Å². The molecule has 0 radical (unpaired) electrons. The number of ether oxygens (including phenoxy) is 1. The van der Waals surface area contributed by atoms with Crippen LogP contribution in [0.3, 0.4) is 0 Å². The fourth-order valence-electron chi connectivity index (χ4n) is 3.97. The van der Waals surface area contributed by atoms with Gasteiger partial charge >= 0.3 is 5.97 Å². The lowest BCUT2D eigenvalue weighted by Gasteiger charge is -2.17. The highest BCUT2D eigenvalue weighted by molar-refractivity contribution is 7.09. The Morgan fingerprint density at radius 2 is 2.03 bits per heavy atom. The monoisotopic (exact) mass is 485 g/mol. The minimum atomic E-state index is -0.607. The molecule has 2 aromatic heterocycles. The Morgan fingerprint density at radius 1 is 1.17 bits per heavy atom. The number of benzene rings is 2. The summed E-state index contributed by atoms with van der Waals surface area (Å²) in [6.07, 6.45) is 5.27. The zero-order chi connectivity index (χ0) is 24.2. The van der Waals surface area contributed by atoms with E-state index < -0.39 is 5.97 Å². The van der Waals surface area contributed by atoms with Crippen molar-refractivity contribution >= 4 is 35.0 Å². The molecule has 0 bridgehead atoms. The van der Waals surface area contributed by atoms with Crippen molar-refractivity contribution in [2.45, 2.75) is 19.9 Å². The Balaban J connectivity index is 1.14. The number of hydrogen-bond donors (Lipinski definition) is 0. The van der Waals surface area contributed by atoms with E-state index in [4.69, 9.17) is 4.74 Å². The Labute approximate surface area is 206 Å². The molecule has 0 saturated heterocycles. The summed E-state index contributed by atoms with van der Waals surface area (Å²) >= 11 is 1.61. The van der Waals surface area contributed by atoms with E-state index in [0.29, 0.717) is 18.8 Å².